The molecular weight excluding hydrogens is 640 g/mol. The molecule has 0 saturated heterocycles. The van der Waals surface area contributed by atoms with Crippen molar-refractivity contribution in [2.24, 2.45) is 5.92 Å². The molecule has 2 aromatic carbocycles. The van der Waals surface area contributed by atoms with Crippen molar-refractivity contribution in [3.05, 3.63) is 59.8 Å². The molecule has 1 fully saturated rings. The van der Waals surface area contributed by atoms with Gasteiger partial charge in [-0.1, -0.05) is 31.2 Å². The molecule has 10 nitrogen and oxygen atoms in total. The zero-order chi connectivity index (χ0) is 32.8. The summed E-state index contributed by atoms with van der Waals surface area (Å²) >= 11 is 6.88. The van der Waals surface area contributed by atoms with Gasteiger partial charge in [-0.3, -0.25) is 9.67 Å². The van der Waals surface area contributed by atoms with Gasteiger partial charge in [0.05, 0.1) is 48.0 Å². The fraction of sp³-hybridized carbons (Fsp3) is 0.455. The Morgan fingerprint density at radius 3 is 2.50 bits per heavy atom. The minimum Gasteiger partial charge on any atom is -0.456 e. The molecule has 0 aliphatic heterocycles. The van der Waals surface area contributed by atoms with Gasteiger partial charge in [-0.25, -0.2) is 18.4 Å². The molecule has 1 aliphatic rings. The lowest BCUT2D eigenvalue weighted by atomic mass is 9.89. The molecule has 1 saturated carbocycles. The predicted molar refractivity (Wildman–Crippen MR) is 185 cm³/mol. The van der Waals surface area contributed by atoms with Crippen LogP contribution in [0.15, 0.2) is 48.9 Å². The average molecular weight is 681 g/mol. The van der Waals surface area contributed by atoms with E-state index in [1.807, 2.05) is 42.1 Å². The number of fused-ring (bicyclic) bond motifs is 2. The second-order valence-electron chi connectivity index (χ2n) is 13.6. The Kier molecular flexibility index (Phi) is 9.01. The number of halogens is 1. The lowest BCUT2D eigenvalue weighted by Crippen LogP contribution is -2.38. The lowest BCUT2D eigenvalue weighted by Gasteiger charge is -2.27. The van der Waals surface area contributed by atoms with Crippen LogP contribution in [0.25, 0.3) is 33.3 Å². The van der Waals surface area contributed by atoms with Crippen LogP contribution in [0.5, 0.6) is 11.5 Å². The smallest absolute Gasteiger partial charge is 0.150 e. The molecule has 1 atom stereocenters. The van der Waals surface area contributed by atoms with Crippen LogP contribution in [-0.4, -0.2) is 63.0 Å². The summed E-state index contributed by atoms with van der Waals surface area (Å²) in [7, 11) is -4.42. The van der Waals surface area contributed by atoms with Gasteiger partial charge < -0.3 is 14.0 Å². The third-order valence-electron chi connectivity index (χ3n) is 9.20. The van der Waals surface area contributed by atoms with E-state index in [0.717, 1.165) is 41.8 Å². The Balaban J connectivity index is 1.19. The molecule has 1 unspecified atom stereocenters. The molecule has 1 aliphatic carbocycles. The Morgan fingerprint density at radius 2 is 1.78 bits per heavy atom. The third-order valence-corrected chi connectivity index (χ3v) is 13.9. The Bertz CT molecular complexity index is 2000. The summed E-state index contributed by atoms with van der Waals surface area (Å²) < 4.78 is 40.4. The number of aryl methyl sites for hydroxylation is 1. The van der Waals surface area contributed by atoms with Gasteiger partial charge in [-0.05, 0) is 69.7 Å². The number of sulfone groups is 1. The van der Waals surface area contributed by atoms with Crippen molar-refractivity contribution in [2.75, 3.05) is 6.26 Å². The number of nitrogens with zero attached hydrogens (tertiary/aromatic N) is 6. The van der Waals surface area contributed by atoms with E-state index in [2.05, 4.69) is 41.2 Å². The van der Waals surface area contributed by atoms with Crippen molar-refractivity contribution in [3.8, 4) is 22.8 Å². The van der Waals surface area contributed by atoms with Gasteiger partial charge in [0.2, 0.25) is 0 Å². The number of imidazole rings is 1. The van der Waals surface area contributed by atoms with Crippen LogP contribution in [0.4, 0.5) is 0 Å². The second kappa shape index (κ2) is 12.7. The van der Waals surface area contributed by atoms with Crippen LogP contribution in [0.3, 0.4) is 0 Å². The van der Waals surface area contributed by atoms with Crippen molar-refractivity contribution < 1.29 is 17.9 Å². The van der Waals surface area contributed by atoms with Crippen molar-refractivity contribution in [2.45, 2.75) is 83.4 Å². The summed E-state index contributed by atoms with van der Waals surface area (Å²) in [5, 5.41) is 4.71. The van der Waals surface area contributed by atoms with E-state index in [0.29, 0.717) is 58.7 Å². The Morgan fingerprint density at radius 1 is 1.04 bits per heavy atom. The van der Waals surface area contributed by atoms with E-state index in [-0.39, 0.29) is 11.0 Å². The van der Waals surface area contributed by atoms with E-state index in [1.54, 1.807) is 18.5 Å². The minimum atomic E-state index is -2.98. The summed E-state index contributed by atoms with van der Waals surface area (Å²) in [6, 6.07) is 9.44. The SMILES string of the molecule is Cc1nc2ccc(Oc3ccc4ncc(-c5cnn(CC6CCC(S(C)(=O)=O)CC6)c5)nc4c3Cl)cc2n1COC(C)[Si](C)(C)C. The average Bonchev–Trinajstić information content (AvgIpc) is 3.59. The van der Waals surface area contributed by atoms with E-state index in [4.69, 9.17) is 31.0 Å². The van der Waals surface area contributed by atoms with Crippen molar-refractivity contribution in [3.63, 3.8) is 0 Å². The first-order chi connectivity index (χ1) is 21.8. The normalized spacial score (nSPS) is 18.3. The molecule has 0 bridgehead atoms. The van der Waals surface area contributed by atoms with Gasteiger partial charge >= 0.3 is 0 Å². The topological polar surface area (TPSA) is 114 Å². The highest BCUT2D eigenvalue weighted by molar-refractivity contribution is 7.91. The number of aromatic nitrogens is 6. The van der Waals surface area contributed by atoms with Crippen LogP contribution in [0, 0.1) is 12.8 Å². The fourth-order valence-corrected chi connectivity index (χ4v) is 7.80. The summed E-state index contributed by atoms with van der Waals surface area (Å²) in [5.41, 5.74) is 4.70. The third kappa shape index (κ3) is 7.00. The van der Waals surface area contributed by atoms with Crippen molar-refractivity contribution in [1.82, 2.24) is 29.3 Å². The number of rotatable bonds is 10. The Labute approximate surface area is 276 Å². The standard InChI is InChI=1S/C33H41ClN6O4SSi/c1-21-37-27-12-9-25(15-30(27)40(21)20-43-22(2)46(4,5)6)44-31-14-13-28-33(32(31)34)38-29(17-35-28)24-16-36-39(19-24)18-23-7-10-26(11-8-23)45(3,41)42/h9,12-17,19,22-23,26H,7-8,10-11,18,20H2,1-6H3. The predicted octanol–water partition coefficient (Wildman–Crippen LogP) is 7.44. The molecule has 5 aromatic rings. The van der Waals surface area contributed by atoms with Gasteiger partial charge in [-0.15, -0.1) is 0 Å². The molecule has 13 heteroatoms. The van der Waals surface area contributed by atoms with Gasteiger partial charge in [0, 0.05) is 36.4 Å². The van der Waals surface area contributed by atoms with Crippen molar-refractivity contribution in [1.29, 1.82) is 0 Å². The largest absolute Gasteiger partial charge is 0.456 e. The number of benzene rings is 2. The number of hydrogen-bond donors (Lipinski definition) is 0. The maximum Gasteiger partial charge on any atom is 0.150 e. The van der Waals surface area contributed by atoms with E-state index in [9.17, 15) is 8.42 Å². The quantitative estimate of drug-likeness (QED) is 0.140. The molecule has 0 amide bonds. The highest BCUT2D eigenvalue weighted by atomic mass is 35.5. The highest BCUT2D eigenvalue weighted by Gasteiger charge is 2.28. The highest BCUT2D eigenvalue weighted by Crippen LogP contribution is 2.36. The zero-order valence-corrected chi connectivity index (χ0v) is 29.8. The first-order valence-corrected chi connectivity index (χ1v) is 21.6. The summed E-state index contributed by atoms with van der Waals surface area (Å²) in [5.74, 6) is 2.38. The lowest BCUT2D eigenvalue weighted by molar-refractivity contribution is 0.0578. The molecule has 3 heterocycles. The number of hydrogen-bond acceptors (Lipinski definition) is 8. The van der Waals surface area contributed by atoms with E-state index in [1.165, 1.54) is 6.26 Å². The van der Waals surface area contributed by atoms with Gasteiger partial charge in [0.25, 0.3) is 0 Å². The molecular formula is C33H41ClN6O4SSi. The molecule has 0 spiro atoms. The second-order valence-corrected chi connectivity index (χ2v) is 21.8. The molecule has 3 aromatic heterocycles. The zero-order valence-electron chi connectivity index (χ0n) is 27.2. The molecule has 244 valence electrons. The van der Waals surface area contributed by atoms with Crippen LogP contribution in [-0.2, 0) is 27.8 Å². The minimum absolute atomic E-state index is 0.203. The van der Waals surface area contributed by atoms with Crippen molar-refractivity contribution >= 4 is 51.6 Å². The van der Waals surface area contributed by atoms with Crippen LogP contribution < -0.4 is 4.74 Å². The maximum absolute atomic E-state index is 11.9. The van der Waals surface area contributed by atoms with Crippen LogP contribution >= 0.6 is 11.6 Å². The first-order valence-electron chi connectivity index (χ1n) is 15.7. The summed E-state index contributed by atoms with van der Waals surface area (Å²) in [6.07, 6.45) is 9.97. The van der Waals surface area contributed by atoms with Gasteiger partial charge in [0.1, 0.15) is 44.4 Å². The van der Waals surface area contributed by atoms with Gasteiger partial charge in [0.15, 0.2) is 0 Å². The molecule has 46 heavy (non-hydrogen) atoms. The summed E-state index contributed by atoms with van der Waals surface area (Å²) in [4.78, 5) is 14.2. The van der Waals surface area contributed by atoms with Crippen LogP contribution in [0.1, 0.15) is 38.4 Å². The van der Waals surface area contributed by atoms with Gasteiger partial charge in [-0.2, -0.15) is 5.10 Å². The molecule has 6 rings (SSSR count). The monoisotopic (exact) mass is 680 g/mol. The van der Waals surface area contributed by atoms with Crippen LogP contribution in [0.2, 0.25) is 24.7 Å². The first kappa shape index (κ1) is 32.6. The molecule has 0 radical (unpaired) electrons. The number of ether oxygens (including phenoxy) is 2. The Hall–Kier alpha value is -3.32. The van der Waals surface area contributed by atoms with E-state index >= 15 is 0 Å². The molecule has 0 N–H and O–H groups in total. The summed E-state index contributed by atoms with van der Waals surface area (Å²) in [6.45, 7) is 12.2. The maximum atomic E-state index is 11.9. The fourth-order valence-electron chi connectivity index (χ4n) is 5.86. The van der Waals surface area contributed by atoms with E-state index < -0.39 is 17.9 Å².